The lowest BCUT2D eigenvalue weighted by Gasteiger charge is -2.08. The Labute approximate surface area is 120 Å². The monoisotopic (exact) mass is 286 g/mol. The SMILES string of the molecule is CSc1sc2ccccc2c1-c1cccc(O)c1C. The second-order valence-corrected chi connectivity index (χ2v) is 6.54. The van der Waals surface area contributed by atoms with Crippen LogP contribution in [-0.4, -0.2) is 11.4 Å². The summed E-state index contributed by atoms with van der Waals surface area (Å²) in [7, 11) is 0. The molecule has 0 atom stereocenters. The summed E-state index contributed by atoms with van der Waals surface area (Å²) < 4.78 is 2.60. The van der Waals surface area contributed by atoms with Crippen molar-refractivity contribution in [2.45, 2.75) is 11.1 Å². The third-order valence-corrected chi connectivity index (χ3v) is 5.61. The number of aromatic hydroxyl groups is 1. The first-order chi connectivity index (χ1) is 9.22. The highest BCUT2D eigenvalue weighted by molar-refractivity contribution is 8.00. The Morgan fingerprint density at radius 3 is 2.63 bits per heavy atom. The number of rotatable bonds is 2. The number of benzene rings is 2. The molecule has 0 unspecified atom stereocenters. The van der Waals surface area contributed by atoms with Crippen LogP contribution in [0.5, 0.6) is 5.75 Å². The topological polar surface area (TPSA) is 20.2 Å². The van der Waals surface area contributed by atoms with Crippen LogP contribution in [0, 0.1) is 6.92 Å². The molecule has 1 heterocycles. The molecule has 0 saturated heterocycles. The first kappa shape index (κ1) is 12.6. The second kappa shape index (κ2) is 4.91. The number of phenolic OH excluding ortho intramolecular Hbond substituents is 1. The molecule has 3 rings (SSSR count). The minimum Gasteiger partial charge on any atom is -0.508 e. The summed E-state index contributed by atoms with van der Waals surface area (Å²) >= 11 is 3.58. The van der Waals surface area contributed by atoms with Gasteiger partial charge in [-0.15, -0.1) is 23.1 Å². The number of phenols is 1. The van der Waals surface area contributed by atoms with E-state index in [0.29, 0.717) is 5.75 Å². The van der Waals surface area contributed by atoms with E-state index in [0.717, 1.165) is 11.1 Å². The summed E-state index contributed by atoms with van der Waals surface area (Å²) in [6, 6.07) is 14.2. The van der Waals surface area contributed by atoms with Crippen LogP contribution in [0.25, 0.3) is 21.2 Å². The van der Waals surface area contributed by atoms with Gasteiger partial charge in [0.25, 0.3) is 0 Å². The summed E-state index contributed by atoms with van der Waals surface area (Å²) in [6.45, 7) is 1.97. The molecule has 1 N–H and O–H groups in total. The van der Waals surface area contributed by atoms with Gasteiger partial charge < -0.3 is 5.11 Å². The van der Waals surface area contributed by atoms with Gasteiger partial charge in [-0.1, -0.05) is 30.3 Å². The molecule has 3 heteroatoms. The Morgan fingerprint density at radius 1 is 1.05 bits per heavy atom. The molecule has 0 radical (unpaired) electrons. The molecule has 3 aromatic rings. The number of fused-ring (bicyclic) bond motifs is 1. The van der Waals surface area contributed by atoms with Gasteiger partial charge in [0.15, 0.2) is 0 Å². The van der Waals surface area contributed by atoms with Gasteiger partial charge in [-0.05, 0) is 36.4 Å². The molecule has 0 aliphatic rings. The molecule has 0 saturated carbocycles. The first-order valence-electron chi connectivity index (χ1n) is 6.07. The lowest BCUT2D eigenvalue weighted by molar-refractivity contribution is 0.471. The summed E-state index contributed by atoms with van der Waals surface area (Å²) in [6.07, 6.45) is 2.10. The van der Waals surface area contributed by atoms with Gasteiger partial charge in [-0.25, -0.2) is 0 Å². The number of hydrogen-bond donors (Lipinski definition) is 1. The minimum atomic E-state index is 0.361. The van der Waals surface area contributed by atoms with Gasteiger partial charge >= 0.3 is 0 Å². The maximum Gasteiger partial charge on any atom is 0.119 e. The van der Waals surface area contributed by atoms with Gasteiger partial charge in [0.2, 0.25) is 0 Å². The smallest absolute Gasteiger partial charge is 0.119 e. The van der Waals surface area contributed by atoms with Crippen LogP contribution in [0.4, 0.5) is 0 Å². The van der Waals surface area contributed by atoms with Gasteiger partial charge in [0.1, 0.15) is 5.75 Å². The molecule has 19 heavy (non-hydrogen) atoms. The lowest BCUT2D eigenvalue weighted by atomic mass is 9.99. The van der Waals surface area contributed by atoms with Crippen LogP contribution in [0.15, 0.2) is 46.7 Å². The van der Waals surface area contributed by atoms with Crippen molar-refractivity contribution in [1.29, 1.82) is 0 Å². The van der Waals surface area contributed by atoms with E-state index in [2.05, 4.69) is 36.6 Å². The summed E-state index contributed by atoms with van der Waals surface area (Å²) in [5.41, 5.74) is 3.32. The van der Waals surface area contributed by atoms with E-state index in [9.17, 15) is 5.11 Å². The first-order valence-corrected chi connectivity index (χ1v) is 8.11. The van der Waals surface area contributed by atoms with Crippen LogP contribution in [-0.2, 0) is 0 Å². The average molecular weight is 286 g/mol. The molecule has 0 aliphatic carbocycles. The molecular weight excluding hydrogens is 272 g/mol. The fourth-order valence-corrected chi connectivity index (χ4v) is 4.29. The highest BCUT2D eigenvalue weighted by Crippen LogP contribution is 2.45. The highest BCUT2D eigenvalue weighted by atomic mass is 32.2. The van der Waals surface area contributed by atoms with Crippen molar-refractivity contribution < 1.29 is 5.11 Å². The standard InChI is InChI=1S/C16H14OS2/c1-10-11(7-5-8-13(10)17)15-12-6-3-4-9-14(12)19-16(15)18-2/h3-9,17H,1-2H3. The zero-order valence-electron chi connectivity index (χ0n) is 10.8. The van der Waals surface area contributed by atoms with E-state index in [-0.39, 0.29) is 0 Å². The quantitative estimate of drug-likeness (QED) is 0.645. The second-order valence-electron chi connectivity index (χ2n) is 4.41. The number of hydrogen-bond acceptors (Lipinski definition) is 3. The highest BCUT2D eigenvalue weighted by Gasteiger charge is 2.15. The summed E-state index contributed by atoms with van der Waals surface area (Å²) in [4.78, 5) is 0. The van der Waals surface area contributed by atoms with Crippen LogP contribution in [0.3, 0.4) is 0 Å². The van der Waals surface area contributed by atoms with Crippen molar-refractivity contribution in [3.8, 4) is 16.9 Å². The Bertz CT molecular complexity index is 744. The summed E-state index contributed by atoms with van der Waals surface area (Å²) in [5.74, 6) is 0.361. The zero-order chi connectivity index (χ0) is 13.4. The number of thioether (sulfide) groups is 1. The van der Waals surface area contributed by atoms with Crippen molar-refractivity contribution in [3.63, 3.8) is 0 Å². The summed E-state index contributed by atoms with van der Waals surface area (Å²) in [5, 5.41) is 11.2. The zero-order valence-corrected chi connectivity index (χ0v) is 12.4. The fourth-order valence-electron chi connectivity index (χ4n) is 2.32. The molecule has 0 bridgehead atoms. The van der Waals surface area contributed by atoms with Crippen molar-refractivity contribution in [2.24, 2.45) is 0 Å². The van der Waals surface area contributed by atoms with E-state index in [4.69, 9.17) is 0 Å². The molecule has 96 valence electrons. The van der Waals surface area contributed by atoms with Crippen LogP contribution >= 0.6 is 23.1 Å². The molecule has 1 nitrogen and oxygen atoms in total. The third-order valence-electron chi connectivity index (χ3n) is 3.32. The van der Waals surface area contributed by atoms with Gasteiger partial charge in [-0.2, -0.15) is 0 Å². The molecule has 1 aromatic heterocycles. The van der Waals surface area contributed by atoms with E-state index in [1.54, 1.807) is 17.8 Å². The van der Waals surface area contributed by atoms with Crippen molar-refractivity contribution in [1.82, 2.24) is 0 Å². The van der Waals surface area contributed by atoms with Gasteiger partial charge in [-0.3, -0.25) is 0 Å². The van der Waals surface area contributed by atoms with Crippen molar-refractivity contribution in [2.75, 3.05) is 6.26 Å². The predicted octanol–water partition coefficient (Wildman–Crippen LogP) is 5.30. The van der Waals surface area contributed by atoms with Gasteiger partial charge in [0.05, 0.1) is 4.21 Å². The maximum atomic E-state index is 9.93. The van der Waals surface area contributed by atoms with Gasteiger partial charge in [0, 0.05) is 15.6 Å². The Kier molecular flexibility index (Phi) is 3.25. The molecule has 0 aliphatic heterocycles. The predicted molar refractivity (Wildman–Crippen MR) is 85.4 cm³/mol. The maximum absolute atomic E-state index is 9.93. The minimum absolute atomic E-state index is 0.361. The van der Waals surface area contributed by atoms with Crippen LogP contribution < -0.4 is 0 Å². The van der Waals surface area contributed by atoms with Crippen molar-refractivity contribution in [3.05, 3.63) is 48.0 Å². The molecule has 0 fully saturated rings. The average Bonchev–Trinajstić information content (AvgIpc) is 2.80. The normalized spacial score (nSPS) is 11.1. The van der Waals surface area contributed by atoms with Crippen LogP contribution in [0.1, 0.15) is 5.56 Å². The van der Waals surface area contributed by atoms with E-state index in [1.165, 1.54) is 19.9 Å². The Balaban J connectivity index is 2.38. The molecule has 0 amide bonds. The van der Waals surface area contributed by atoms with E-state index < -0.39 is 0 Å². The Hall–Kier alpha value is -1.45. The Morgan fingerprint density at radius 2 is 1.84 bits per heavy atom. The van der Waals surface area contributed by atoms with E-state index >= 15 is 0 Å². The number of thiophene rings is 1. The molecule has 2 aromatic carbocycles. The molecule has 0 spiro atoms. The lowest BCUT2D eigenvalue weighted by Crippen LogP contribution is -1.84. The van der Waals surface area contributed by atoms with E-state index in [1.807, 2.05) is 24.3 Å². The fraction of sp³-hybridized carbons (Fsp3) is 0.125. The third kappa shape index (κ3) is 2.03. The van der Waals surface area contributed by atoms with Crippen molar-refractivity contribution >= 4 is 33.2 Å². The van der Waals surface area contributed by atoms with Crippen LogP contribution in [0.2, 0.25) is 0 Å². The molecular formula is C16H14OS2. The largest absolute Gasteiger partial charge is 0.508 e.